The van der Waals surface area contributed by atoms with Gasteiger partial charge in [-0.05, 0) is 17.0 Å². The zero-order chi connectivity index (χ0) is 14.7. The number of aliphatic hydroxyl groups excluding tert-OH is 1. The topological polar surface area (TPSA) is 32.3 Å². The number of nitrogens with one attached hydrogen (secondary N) is 1. The van der Waals surface area contributed by atoms with Crippen molar-refractivity contribution in [3.05, 3.63) is 35.4 Å². The van der Waals surface area contributed by atoms with E-state index in [0.29, 0.717) is 0 Å². The van der Waals surface area contributed by atoms with Gasteiger partial charge in [-0.25, -0.2) is 0 Å². The second kappa shape index (κ2) is 5.92. The van der Waals surface area contributed by atoms with Crippen LogP contribution in [0.15, 0.2) is 24.3 Å². The van der Waals surface area contributed by atoms with Crippen LogP contribution in [0.4, 0.5) is 13.2 Å². The first-order chi connectivity index (χ1) is 8.62. The van der Waals surface area contributed by atoms with Crippen LogP contribution in [0.2, 0.25) is 0 Å². The molecular weight excluding hydrogens is 255 g/mol. The fraction of sp³-hybridized carbons (Fsp3) is 0.571. The Bertz CT molecular complexity index is 410. The molecule has 0 aliphatic carbocycles. The number of rotatable bonds is 4. The summed E-state index contributed by atoms with van der Waals surface area (Å²) in [4.78, 5) is 0. The molecule has 0 spiro atoms. The Kier molecular flexibility index (Phi) is 4.98. The van der Waals surface area contributed by atoms with Crippen molar-refractivity contribution in [1.29, 1.82) is 0 Å². The SMILES string of the molecule is CC(C)(C)C(O)CNCc1ccccc1C(F)(F)F. The minimum Gasteiger partial charge on any atom is -0.391 e. The van der Waals surface area contributed by atoms with E-state index >= 15 is 0 Å². The Balaban J connectivity index is 2.64. The molecule has 0 heterocycles. The Labute approximate surface area is 111 Å². The zero-order valence-electron chi connectivity index (χ0n) is 11.4. The number of aliphatic hydroxyl groups is 1. The average Bonchev–Trinajstić information content (AvgIpc) is 2.27. The van der Waals surface area contributed by atoms with E-state index in [2.05, 4.69) is 5.32 Å². The van der Waals surface area contributed by atoms with E-state index < -0.39 is 17.8 Å². The zero-order valence-corrected chi connectivity index (χ0v) is 11.4. The number of hydrogen-bond acceptors (Lipinski definition) is 2. The fourth-order valence-electron chi connectivity index (χ4n) is 1.60. The molecule has 0 saturated carbocycles. The van der Waals surface area contributed by atoms with E-state index in [-0.39, 0.29) is 24.1 Å². The smallest absolute Gasteiger partial charge is 0.391 e. The van der Waals surface area contributed by atoms with Crippen molar-refractivity contribution in [2.45, 2.75) is 39.6 Å². The molecule has 0 radical (unpaired) electrons. The van der Waals surface area contributed by atoms with E-state index in [9.17, 15) is 18.3 Å². The highest BCUT2D eigenvalue weighted by Crippen LogP contribution is 2.31. The van der Waals surface area contributed by atoms with Crippen molar-refractivity contribution < 1.29 is 18.3 Å². The normalized spacial score (nSPS) is 14.5. The predicted molar refractivity (Wildman–Crippen MR) is 68.6 cm³/mol. The van der Waals surface area contributed by atoms with Crippen molar-refractivity contribution >= 4 is 0 Å². The number of alkyl halides is 3. The Morgan fingerprint density at radius 1 is 1.16 bits per heavy atom. The lowest BCUT2D eigenvalue weighted by molar-refractivity contribution is -0.138. The largest absolute Gasteiger partial charge is 0.416 e. The molecule has 0 aliphatic rings. The van der Waals surface area contributed by atoms with E-state index in [1.165, 1.54) is 12.1 Å². The summed E-state index contributed by atoms with van der Waals surface area (Å²) in [6.45, 7) is 5.98. The van der Waals surface area contributed by atoms with Gasteiger partial charge in [0.05, 0.1) is 11.7 Å². The molecule has 108 valence electrons. The van der Waals surface area contributed by atoms with Crippen LogP contribution in [0.1, 0.15) is 31.9 Å². The van der Waals surface area contributed by atoms with E-state index in [0.717, 1.165) is 6.07 Å². The first kappa shape index (κ1) is 16.0. The number of hydrogen-bond donors (Lipinski definition) is 2. The van der Waals surface area contributed by atoms with E-state index in [1.807, 2.05) is 20.8 Å². The summed E-state index contributed by atoms with van der Waals surface area (Å²) < 4.78 is 38.2. The van der Waals surface area contributed by atoms with Crippen LogP contribution < -0.4 is 5.32 Å². The van der Waals surface area contributed by atoms with Crippen molar-refractivity contribution in [3.63, 3.8) is 0 Å². The molecule has 1 atom stereocenters. The van der Waals surface area contributed by atoms with Crippen LogP contribution >= 0.6 is 0 Å². The highest BCUT2D eigenvalue weighted by Gasteiger charge is 2.32. The quantitative estimate of drug-likeness (QED) is 0.884. The maximum Gasteiger partial charge on any atom is 0.416 e. The van der Waals surface area contributed by atoms with Crippen LogP contribution in [0, 0.1) is 5.41 Å². The molecule has 0 saturated heterocycles. The lowest BCUT2D eigenvalue weighted by Gasteiger charge is -2.26. The fourth-order valence-corrected chi connectivity index (χ4v) is 1.60. The lowest BCUT2D eigenvalue weighted by atomic mass is 9.89. The van der Waals surface area contributed by atoms with Crippen LogP contribution in [0.5, 0.6) is 0 Å². The second-order valence-corrected chi connectivity index (χ2v) is 5.67. The highest BCUT2D eigenvalue weighted by molar-refractivity contribution is 5.29. The first-order valence-electron chi connectivity index (χ1n) is 6.16. The molecule has 0 amide bonds. The van der Waals surface area contributed by atoms with Crippen LogP contribution in [-0.4, -0.2) is 17.8 Å². The van der Waals surface area contributed by atoms with Crippen molar-refractivity contribution in [2.75, 3.05) is 6.54 Å². The summed E-state index contributed by atoms with van der Waals surface area (Å²) in [6.07, 6.45) is -4.95. The van der Waals surface area contributed by atoms with Crippen molar-refractivity contribution in [2.24, 2.45) is 5.41 Å². The number of benzene rings is 1. The third kappa shape index (κ3) is 4.84. The molecule has 0 aromatic heterocycles. The van der Waals surface area contributed by atoms with Gasteiger partial charge in [-0.3, -0.25) is 0 Å². The lowest BCUT2D eigenvalue weighted by Crippen LogP contribution is -2.36. The molecule has 2 N–H and O–H groups in total. The van der Waals surface area contributed by atoms with Crippen LogP contribution in [0.3, 0.4) is 0 Å². The Hall–Kier alpha value is -1.07. The Morgan fingerprint density at radius 3 is 2.26 bits per heavy atom. The van der Waals surface area contributed by atoms with Gasteiger partial charge >= 0.3 is 6.18 Å². The highest BCUT2D eigenvalue weighted by atomic mass is 19.4. The number of halogens is 3. The summed E-state index contributed by atoms with van der Waals surface area (Å²) in [5.74, 6) is 0. The van der Waals surface area contributed by atoms with Crippen LogP contribution in [-0.2, 0) is 12.7 Å². The van der Waals surface area contributed by atoms with Gasteiger partial charge in [0.15, 0.2) is 0 Å². The molecule has 0 aliphatic heterocycles. The molecule has 1 aromatic carbocycles. The second-order valence-electron chi connectivity index (χ2n) is 5.67. The molecule has 2 nitrogen and oxygen atoms in total. The monoisotopic (exact) mass is 275 g/mol. The summed E-state index contributed by atoms with van der Waals surface area (Å²) in [6, 6.07) is 5.46. The molecule has 0 fully saturated rings. The molecule has 19 heavy (non-hydrogen) atoms. The maximum atomic E-state index is 12.7. The van der Waals surface area contributed by atoms with Gasteiger partial charge in [0.1, 0.15) is 0 Å². The third-order valence-corrected chi connectivity index (χ3v) is 2.98. The van der Waals surface area contributed by atoms with Gasteiger partial charge in [0, 0.05) is 13.1 Å². The van der Waals surface area contributed by atoms with Gasteiger partial charge < -0.3 is 10.4 Å². The minimum absolute atomic E-state index is 0.0861. The molecule has 1 aromatic rings. The molecule has 1 unspecified atom stereocenters. The average molecular weight is 275 g/mol. The predicted octanol–water partition coefficient (Wildman–Crippen LogP) is 3.20. The minimum atomic E-state index is -4.35. The standard InChI is InChI=1S/C14H20F3NO/c1-13(2,3)12(19)9-18-8-10-6-4-5-7-11(10)14(15,16)17/h4-7,12,18-19H,8-9H2,1-3H3. The van der Waals surface area contributed by atoms with E-state index in [4.69, 9.17) is 0 Å². The first-order valence-corrected chi connectivity index (χ1v) is 6.16. The maximum absolute atomic E-state index is 12.7. The summed E-state index contributed by atoms with van der Waals surface area (Å²) in [5.41, 5.74) is -0.736. The summed E-state index contributed by atoms with van der Waals surface area (Å²) >= 11 is 0. The molecule has 5 heteroatoms. The van der Waals surface area contributed by atoms with Crippen molar-refractivity contribution in [3.8, 4) is 0 Å². The van der Waals surface area contributed by atoms with Gasteiger partial charge in [0.2, 0.25) is 0 Å². The molecular formula is C14H20F3NO. The van der Waals surface area contributed by atoms with Gasteiger partial charge in [0.25, 0.3) is 0 Å². The van der Waals surface area contributed by atoms with Gasteiger partial charge in [-0.15, -0.1) is 0 Å². The molecule has 1 rings (SSSR count). The van der Waals surface area contributed by atoms with Gasteiger partial charge in [-0.2, -0.15) is 13.2 Å². The van der Waals surface area contributed by atoms with Crippen LogP contribution in [0.25, 0.3) is 0 Å². The van der Waals surface area contributed by atoms with E-state index in [1.54, 1.807) is 6.07 Å². The van der Waals surface area contributed by atoms with Gasteiger partial charge in [-0.1, -0.05) is 39.0 Å². The summed E-state index contributed by atoms with van der Waals surface area (Å²) in [5, 5.41) is 12.7. The summed E-state index contributed by atoms with van der Waals surface area (Å²) in [7, 11) is 0. The third-order valence-electron chi connectivity index (χ3n) is 2.98. The molecule has 0 bridgehead atoms. The van der Waals surface area contributed by atoms with Crippen molar-refractivity contribution in [1.82, 2.24) is 5.32 Å². The Morgan fingerprint density at radius 2 is 1.74 bits per heavy atom.